The molecule has 1 N–H and O–H groups in total. The molecule has 0 bridgehead atoms. The molecule has 1 unspecified atom stereocenters. The molecule has 154 valence electrons. The van der Waals surface area contributed by atoms with Crippen molar-refractivity contribution < 1.29 is 9.53 Å². The lowest BCUT2D eigenvalue weighted by Crippen LogP contribution is -2.17. The van der Waals surface area contributed by atoms with Gasteiger partial charge in [0.05, 0.1) is 6.10 Å². The second-order valence-corrected chi connectivity index (χ2v) is 8.86. The van der Waals surface area contributed by atoms with Crippen molar-refractivity contribution in [1.82, 2.24) is 14.8 Å². The van der Waals surface area contributed by atoms with Crippen LogP contribution in [0.3, 0.4) is 0 Å². The van der Waals surface area contributed by atoms with E-state index < -0.39 is 5.91 Å². The van der Waals surface area contributed by atoms with Crippen LogP contribution in [0.1, 0.15) is 48.6 Å². The van der Waals surface area contributed by atoms with E-state index in [0.29, 0.717) is 11.0 Å². The summed E-state index contributed by atoms with van der Waals surface area (Å²) in [6.07, 6.45) is 4.84. The Hall–Kier alpha value is -2.50. The Morgan fingerprint density at radius 1 is 1.48 bits per heavy atom. The number of hydrogen-bond acceptors (Lipinski definition) is 6. The molecule has 7 nitrogen and oxygen atoms in total. The van der Waals surface area contributed by atoms with Crippen LogP contribution in [0.5, 0.6) is 0 Å². The molecule has 0 radical (unpaired) electrons. The van der Waals surface area contributed by atoms with Gasteiger partial charge in [-0.05, 0) is 50.3 Å². The minimum atomic E-state index is -0.469. The smallest absolute Gasteiger partial charge is 0.268 e. The molecule has 8 heteroatoms. The Morgan fingerprint density at radius 3 is 2.93 bits per heavy atom. The van der Waals surface area contributed by atoms with Crippen molar-refractivity contribution in [1.29, 1.82) is 5.26 Å². The Bertz CT molecular complexity index is 945. The lowest BCUT2D eigenvalue weighted by molar-refractivity contribution is -0.112. The number of nitrogens with one attached hydrogen (secondary N) is 1. The van der Waals surface area contributed by atoms with E-state index in [9.17, 15) is 10.1 Å². The summed E-state index contributed by atoms with van der Waals surface area (Å²) in [7, 11) is 0. The summed E-state index contributed by atoms with van der Waals surface area (Å²) < 4.78 is 7.94. The predicted molar refractivity (Wildman–Crippen MR) is 114 cm³/mol. The second kappa shape index (κ2) is 9.33. The average molecular weight is 414 g/mol. The van der Waals surface area contributed by atoms with Crippen molar-refractivity contribution in [3.05, 3.63) is 33.6 Å². The van der Waals surface area contributed by atoms with Crippen LogP contribution in [0.15, 0.2) is 11.6 Å². The summed E-state index contributed by atoms with van der Waals surface area (Å²) in [4.78, 5) is 12.6. The van der Waals surface area contributed by atoms with Gasteiger partial charge in [-0.2, -0.15) is 5.26 Å². The number of anilines is 1. The molecule has 1 aliphatic rings. The first-order valence-corrected chi connectivity index (χ1v) is 10.7. The van der Waals surface area contributed by atoms with Crippen molar-refractivity contribution in [2.24, 2.45) is 5.92 Å². The van der Waals surface area contributed by atoms with Crippen LogP contribution in [-0.4, -0.2) is 33.4 Å². The summed E-state index contributed by atoms with van der Waals surface area (Å²) >= 11 is 1.34. The van der Waals surface area contributed by atoms with Crippen LogP contribution in [0.2, 0.25) is 0 Å². The van der Waals surface area contributed by atoms with Gasteiger partial charge >= 0.3 is 0 Å². The van der Waals surface area contributed by atoms with E-state index in [0.717, 1.165) is 54.4 Å². The lowest BCUT2D eigenvalue weighted by Gasteiger charge is -2.14. The molecule has 29 heavy (non-hydrogen) atoms. The predicted octanol–water partition coefficient (Wildman–Crippen LogP) is 3.88. The van der Waals surface area contributed by atoms with E-state index in [4.69, 9.17) is 4.74 Å². The zero-order valence-corrected chi connectivity index (χ0v) is 18.2. The number of carbonyl (C=O) groups excluding carboxylic acids is 1. The van der Waals surface area contributed by atoms with Gasteiger partial charge in [0.2, 0.25) is 5.13 Å². The largest absolute Gasteiger partial charge is 0.376 e. The van der Waals surface area contributed by atoms with E-state index in [1.807, 2.05) is 26.0 Å². The van der Waals surface area contributed by atoms with E-state index in [2.05, 4.69) is 33.9 Å². The van der Waals surface area contributed by atoms with Gasteiger partial charge in [-0.25, -0.2) is 0 Å². The molecule has 3 rings (SSSR count). The first kappa shape index (κ1) is 21.2. The highest BCUT2D eigenvalue weighted by Gasteiger charge is 2.19. The summed E-state index contributed by atoms with van der Waals surface area (Å²) in [5.41, 5.74) is 3.02. The standard InChI is InChI=1S/C21H27N5O2S/c1-13(2)8-19-24-25-21(29-19)23-20(27)17(11-22)10-16-9-14(3)26(15(16)4)12-18-6-5-7-28-18/h9-10,13,18H,5-8,12H2,1-4H3,(H,23,25,27). The lowest BCUT2D eigenvalue weighted by atomic mass is 10.1. The normalized spacial score (nSPS) is 17.0. The van der Waals surface area contributed by atoms with Gasteiger partial charge < -0.3 is 9.30 Å². The van der Waals surface area contributed by atoms with Crippen LogP contribution < -0.4 is 5.32 Å². The molecular weight excluding hydrogens is 386 g/mol. The summed E-state index contributed by atoms with van der Waals surface area (Å²) in [6.45, 7) is 9.85. The Labute approximate surface area is 175 Å². The number of carbonyl (C=O) groups is 1. The highest BCUT2D eigenvalue weighted by molar-refractivity contribution is 7.15. The SMILES string of the molecule is Cc1cc(C=C(C#N)C(=O)Nc2nnc(CC(C)C)s2)c(C)n1CC1CCCO1. The minimum absolute atomic E-state index is 0.0444. The molecule has 0 aliphatic carbocycles. The minimum Gasteiger partial charge on any atom is -0.376 e. The maximum absolute atomic E-state index is 12.6. The first-order chi connectivity index (χ1) is 13.9. The number of nitriles is 1. The van der Waals surface area contributed by atoms with E-state index in [1.54, 1.807) is 6.08 Å². The molecule has 1 aliphatic heterocycles. The summed E-state index contributed by atoms with van der Waals surface area (Å²) in [6, 6.07) is 4.01. The van der Waals surface area contributed by atoms with Crippen molar-refractivity contribution in [2.45, 2.75) is 59.6 Å². The molecule has 2 aromatic rings. The number of aromatic nitrogens is 3. The fraction of sp³-hybridized carbons (Fsp3) is 0.524. The number of nitrogens with zero attached hydrogens (tertiary/aromatic N) is 4. The average Bonchev–Trinajstić information content (AvgIpc) is 3.38. The highest BCUT2D eigenvalue weighted by Crippen LogP contribution is 2.23. The quantitative estimate of drug-likeness (QED) is 0.549. The summed E-state index contributed by atoms with van der Waals surface area (Å²) in [5, 5.41) is 21.6. The van der Waals surface area contributed by atoms with Crippen molar-refractivity contribution in [3.63, 3.8) is 0 Å². The topological polar surface area (TPSA) is 92.8 Å². The number of ether oxygens (including phenoxy) is 1. The van der Waals surface area contributed by atoms with Gasteiger partial charge in [0.25, 0.3) is 5.91 Å². The molecule has 1 fully saturated rings. The van der Waals surface area contributed by atoms with Crippen molar-refractivity contribution >= 4 is 28.5 Å². The number of amides is 1. The summed E-state index contributed by atoms with van der Waals surface area (Å²) in [5.74, 6) is -0.00497. The zero-order valence-electron chi connectivity index (χ0n) is 17.4. The third-order valence-electron chi connectivity index (χ3n) is 4.96. The van der Waals surface area contributed by atoms with Crippen molar-refractivity contribution in [3.8, 4) is 6.07 Å². The first-order valence-electron chi connectivity index (χ1n) is 9.91. The molecule has 0 aromatic carbocycles. The monoisotopic (exact) mass is 413 g/mol. The van der Waals surface area contributed by atoms with E-state index >= 15 is 0 Å². The Kier molecular flexibility index (Phi) is 6.83. The molecular formula is C21H27N5O2S. The molecule has 0 saturated carbocycles. The molecule has 3 heterocycles. The Balaban J connectivity index is 1.74. The van der Waals surface area contributed by atoms with Gasteiger partial charge in [0.1, 0.15) is 16.6 Å². The van der Waals surface area contributed by atoms with Crippen LogP contribution in [-0.2, 0) is 22.5 Å². The van der Waals surface area contributed by atoms with Gasteiger partial charge in [0.15, 0.2) is 0 Å². The van der Waals surface area contributed by atoms with Crippen LogP contribution in [0.4, 0.5) is 5.13 Å². The highest BCUT2D eigenvalue weighted by atomic mass is 32.1. The van der Waals surface area contributed by atoms with Crippen LogP contribution >= 0.6 is 11.3 Å². The zero-order chi connectivity index (χ0) is 21.0. The maximum atomic E-state index is 12.6. The van der Waals surface area contributed by atoms with Crippen LogP contribution in [0.25, 0.3) is 6.08 Å². The van der Waals surface area contributed by atoms with E-state index in [-0.39, 0.29) is 11.7 Å². The third-order valence-corrected chi connectivity index (χ3v) is 5.82. The Morgan fingerprint density at radius 2 is 2.28 bits per heavy atom. The third kappa shape index (κ3) is 5.31. The molecule has 1 atom stereocenters. The van der Waals surface area contributed by atoms with Gasteiger partial charge in [0, 0.05) is 31.0 Å². The fourth-order valence-corrected chi connectivity index (χ4v) is 4.40. The maximum Gasteiger partial charge on any atom is 0.268 e. The van der Waals surface area contributed by atoms with E-state index in [1.165, 1.54) is 11.3 Å². The van der Waals surface area contributed by atoms with Crippen molar-refractivity contribution in [2.75, 3.05) is 11.9 Å². The number of rotatable bonds is 7. The molecule has 1 amide bonds. The van der Waals surface area contributed by atoms with Crippen LogP contribution in [0, 0.1) is 31.1 Å². The molecule has 1 saturated heterocycles. The fourth-order valence-electron chi connectivity index (χ4n) is 3.45. The number of aryl methyl sites for hydroxylation is 1. The van der Waals surface area contributed by atoms with Gasteiger partial charge in [-0.1, -0.05) is 25.2 Å². The molecule has 0 spiro atoms. The van der Waals surface area contributed by atoms with Gasteiger partial charge in [-0.15, -0.1) is 10.2 Å². The second-order valence-electron chi connectivity index (χ2n) is 7.79. The number of hydrogen-bond donors (Lipinski definition) is 1. The van der Waals surface area contributed by atoms with Gasteiger partial charge in [-0.3, -0.25) is 10.1 Å². The molecule has 2 aromatic heterocycles.